The van der Waals surface area contributed by atoms with Crippen molar-refractivity contribution in [2.24, 2.45) is 5.73 Å². The molecule has 24 heavy (non-hydrogen) atoms. The van der Waals surface area contributed by atoms with E-state index in [-0.39, 0.29) is 11.4 Å². The third-order valence-corrected chi connectivity index (χ3v) is 5.10. The zero-order valence-corrected chi connectivity index (χ0v) is 14.1. The van der Waals surface area contributed by atoms with Crippen molar-refractivity contribution in [3.63, 3.8) is 0 Å². The van der Waals surface area contributed by atoms with Crippen LogP contribution in [0.1, 0.15) is 59.7 Å². The lowest BCUT2D eigenvalue weighted by Crippen LogP contribution is -2.46. The minimum absolute atomic E-state index is 0.154. The second-order valence-electron chi connectivity index (χ2n) is 6.84. The van der Waals surface area contributed by atoms with E-state index in [9.17, 15) is 14.4 Å². The first-order valence-electron chi connectivity index (χ1n) is 8.39. The van der Waals surface area contributed by atoms with E-state index in [1.54, 1.807) is 4.90 Å². The summed E-state index contributed by atoms with van der Waals surface area (Å²) in [5.74, 6) is -0.581. The summed E-state index contributed by atoms with van der Waals surface area (Å²) in [5, 5.41) is 2.18. The van der Waals surface area contributed by atoms with Crippen molar-refractivity contribution < 1.29 is 14.4 Å². The Kier molecular flexibility index (Phi) is 4.17. The van der Waals surface area contributed by atoms with Crippen LogP contribution in [-0.4, -0.2) is 29.2 Å². The number of carbonyl (C=O) groups excluding carboxylic acids is 3. The molecule has 0 saturated heterocycles. The van der Waals surface area contributed by atoms with Crippen LogP contribution < -0.4 is 11.1 Å². The van der Waals surface area contributed by atoms with Crippen LogP contribution in [0.4, 0.5) is 0 Å². The first-order valence-corrected chi connectivity index (χ1v) is 8.39. The fourth-order valence-corrected chi connectivity index (χ4v) is 3.43. The summed E-state index contributed by atoms with van der Waals surface area (Å²) >= 11 is 0. The second-order valence-corrected chi connectivity index (χ2v) is 6.84. The lowest BCUT2D eigenvalue weighted by atomic mass is 9.96. The number of nitrogens with one attached hydrogen (secondary N) is 1. The van der Waals surface area contributed by atoms with Gasteiger partial charge in [0.05, 0.1) is 0 Å². The molecule has 1 atom stereocenters. The summed E-state index contributed by atoms with van der Waals surface area (Å²) in [4.78, 5) is 37.2. The maximum absolute atomic E-state index is 12.9. The molecular formula is C18H23N3O3. The van der Waals surface area contributed by atoms with Crippen molar-refractivity contribution in [3.8, 4) is 0 Å². The highest BCUT2D eigenvalue weighted by molar-refractivity contribution is 6.02. The predicted molar refractivity (Wildman–Crippen MR) is 89.1 cm³/mol. The summed E-state index contributed by atoms with van der Waals surface area (Å²) in [5.41, 5.74) is 9.60. The number of aryl methyl sites for hydroxylation is 1. The van der Waals surface area contributed by atoms with Crippen LogP contribution in [-0.2, 0) is 21.7 Å². The van der Waals surface area contributed by atoms with Gasteiger partial charge in [0.1, 0.15) is 6.04 Å². The Bertz CT molecular complexity index is 710. The Morgan fingerprint density at radius 1 is 1.46 bits per heavy atom. The van der Waals surface area contributed by atoms with Gasteiger partial charge in [0.25, 0.3) is 5.91 Å². The number of amides is 3. The zero-order chi connectivity index (χ0) is 17.5. The molecule has 6 heteroatoms. The quantitative estimate of drug-likeness (QED) is 0.770. The molecule has 1 aromatic rings. The minimum atomic E-state index is -0.629. The van der Waals surface area contributed by atoms with Crippen molar-refractivity contribution in [2.75, 3.05) is 0 Å². The molecule has 2 aliphatic rings. The average Bonchev–Trinajstić information content (AvgIpc) is 3.21. The van der Waals surface area contributed by atoms with Gasteiger partial charge in [-0.15, -0.1) is 0 Å². The molecule has 1 saturated carbocycles. The van der Waals surface area contributed by atoms with E-state index < -0.39 is 11.9 Å². The third-order valence-electron chi connectivity index (χ3n) is 5.10. The predicted octanol–water partition coefficient (Wildman–Crippen LogP) is 1.34. The van der Waals surface area contributed by atoms with Crippen molar-refractivity contribution in [1.29, 1.82) is 0 Å². The molecule has 1 aliphatic carbocycles. The number of carbonyl (C=O) groups is 3. The van der Waals surface area contributed by atoms with Gasteiger partial charge in [0, 0.05) is 17.6 Å². The van der Waals surface area contributed by atoms with E-state index in [2.05, 4.69) is 11.4 Å². The normalized spacial score (nSPS) is 19.0. The Labute approximate surface area is 141 Å². The molecule has 1 aliphatic heterocycles. The van der Waals surface area contributed by atoms with Crippen LogP contribution in [0.3, 0.4) is 0 Å². The van der Waals surface area contributed by atoms with Gasteiger partial charge in [-0.3, -0.25) is 19.7 Å². The molecule has 3 N–H and O–H groups in total. The number of hydrogen-bond donors (Lipinski definition) is 2. The van der Waals surface area contributed by atoms with Gasteiger partial charge in [0.15, 0.2) is 0 Å². The Balaban J connectivity index is 1.93. The van der Waals surface area contributed by atoms with E-state index in [4.69, 9.17) is 5.73 Å². The second kappa shape index (κ2) is 6.02. The maximum Gasteiger partial charge on any atom is 0.255 e. The van der Waals surface area contributed by atoms with Crippen LogP contribution in [0.15, 0.2) is 12.1 Å². The van der Waals surface area contributed by atoms with Crippen molar-refractivity contribution in [1.82, 2.24) is 10.2 Å². The van der Waals surface area contributed by atoms with E-state index in [1.807, 2.05) is 19.9 Å². The maximum atomic E-state index is 12.9. The molecule has 0 spiro atoms. The highest BCUT2D eigenvalue weighted by Gasteiger charge is 2.43. The summed E-state index contributed by atoms with van der Waals surface area (Å²) in [6.07, 6.45) is 3.50. The van der Waals surface area contributed by atoms with Gasteiger partial charge < -0.3 is 10.6 Å². The van der Waals surface area contributed by atoms with Crippen molar-refractivity contribution >= 4 is 18.2 Å². The van der Waals surface area contributed by atoms with E-state index in [0.29, 0.717) is 24.9 Å². The van der Waals surface area contributed by atoms with E-state index in [0.717, 1.165) is 36.0 Å². The van der Waals surface area contributed by atoms with Gasteiger partial charge >= 0.3 is 0 Å². The van der Waals surface area contributed by atoms with Crippen molar-refractivity contribution in [2.45, 2.75) is 57.7 Å². The largest absolute Gasteiger partial charge is 0.322 e. The number of imide groups is 1. The van der Waals surface area contributed by atoms with Crippen molar-refractivity contribution in [3.05, 3.63) is 34.4 Å². The molecule has 3 rings (SSSR count). The number of fused-ring (bicyclic) bond motifs is 1. The molecule has 1 fully saturated rings. The number of hydrogen-bond acceptors (Lipinski definition) is 4. The third kappa shape index (κ3) is 2.71. The van der Waals surface area contributed by atoms with Gasteiger partial charge in [0.2, 0.25) is 12.3 Å². The standard InChI is InChI=1S/C18H23N3O3/c1-3-4-15(16(23)20-10-22)21-9-14-11(2)7-12(18(19)5-6-18)8-13(14)17(21)24/h7-8,10,15H,3-6,9,19H2,1-2H3,(H,20,22,23). The lowest BCUT2D eigenvalue weighted by molar-refractivity contribution is -0.129. The highest BCUT2D eigenvalue weighted by Crippen LogP contribution is 2.44. The average molecular weight is 329 g/mol. The number of nitrogens with zero attached hydrogens (tertiary/aromatic N) is 1. The molecule has 0 bridgehead atoms. The number of rotatable bonds is 6. The molecule has 3 amide bonds. The van der Waals surface area contributed by atoms with Gasteiger partial charge in [-0.05, 0) is 48.9 Å². The van der Waals surface area contributed by atoms with E-state index in [1.165, 1.54) is 0 Å². The molecule has 0 radical (unpaired) electrons. The van der Waals surface area contributed by atoms with Crippen LogP contribution in [0.2, 0.25) is 0 Å². The number of benzene rings is 1. The fraction of sp³-hybridized carbons (Fsp3) is 0.500. The summed E-state index contributed by atoms with van der Waals surface area (Å²) in [6, 6.07) is 3.32. The van der Waals surface area contributed by atoms with Crippen LogP contribution in [0.25, 0.3) is 0 Å². The molecular weight excluding hydrogens is 306 g/mol. The minimum Gasteiger partial charge on any atom is -0.322 e. The Morgan fingerprint density at radius 2 is 2.17 bits per heavy atom. The topological polar surface area (TPSA) is 92.5 Å². The first kappa shape index (κ1) is 16.6. The number of nitrogens with two attached hydrogens (primary N) is 1. The summed E-state index contributed by atoms with van der Waals surface area (Å²) < 4.78 is 0. The van der Waals surface area contributed by atoms with Gasteiger partial charge in [-0.2, -0.15) is 0 Å². The summed E-state index contributed by atoms with van der Waals surface area (Å²) in [7, 11) is 0. The van der Waals surface area contributed by atoms with Gasteiger partial charge in [-0.25, -0.2) is 0 Å². The molecule has 1 heterocycles. The smallest absolute Gasteiger partial charge is 0.255 e. The fourth-order valence-electron chi connectivity index (χ4n) is 3.43. The van der Waals surface area contributed by atoms with Crippen LogP contribution >= 0.6 is 0 Å². The van der Waals surface area contributed by atoms with Gasteiger partial charge in [-0.1, -0.05) is 19.4 Å². The summed E-state index contributed by atoms with van der Waals surface area (Å²) in [6.45, 7) is 4.32. The molecule has 128 valence electrons. The van der Waals surface area contributed by atoms with Crippen LogP contribution in [0, 0.1) is 6.92 Å². The molecule has 0 aromatic heterocycles. The first-order chi connectivity index (χ1) is 11.4. The Morgan fingerprint density at radius 3 is 2.75 bits per heavy atom. The Hall–Kier alpha value is -2.21. The zero-order valence-electron chi connectivity index (χ0n) is 14.1. The van der Waals surface area contributed by atoms with E-state index >= 15 is 0 Å². The molecule has 6 nitrogen and oxygen atoms in total. The monoisotopic (exact) mass is 329 g/mol. The molecule has 1 unspecified atom stereocenters. The molecule has 1 aromatic carbocycles. The highest BCUT2D eigenvalue weighted by atomic mass is 16.2. The van der Waals surface area contributed by atoms with Crippen LogP contribution in [0.5, 0.6) is 0 Å². The lowest BCUT2D eigenvalue weighted by Gasteiger charge is -2.25. The SMILES string of the molecule is CCCC(C(=O)NC=O)N1Cc2c(C)cc(C3(N)CC3)cc2C1=O.